The molecular weight excluding hydrogens is 288 g/mol. The van der Waals surface area contributed by atoms with Crippen molar-refractivity contribution < 1.29 is 14.3 Å². The number of ether oxygens (including phenoxy) is 1. The minimum absolute atomic E-state index is 0.0476. The standard InChI is InChI=1S/C20H22O3/c1-4-5-6-13-9-12(2)17(16(10-13)23-3)18-19(21)14-7-8-15(11-14)20(18)22/h9-10,14-15,18H,4,7-8,11H2,1-3H3. The van der Waals surface area contributed by atoms with Crippen molar-refractivity contribution >= 4 is 11.6 Å². The third-order valence-electron chi connectivity index (χ3n) is 5.07. The van der Waals surface area contributed by atoms with Crippen LogP contribution < -0.4 is 4.74 Å². The maximum absolute atomic E-state index is 12.8. The summed E-state index contributed by atoms with van der Waals surface area (Å²) < 4.78 is 5.52. The van der Waals surface area contributed by atoms with Gasteiger partial charge >= 0.3 is 0 Å². The van der Waals surface area contributed by atoms with Gasteiger partial charge in [0.05, 0.1) is 7.11 Å². The Morgan fingerprint density at radius 1 is 1.17 bits per heavy atom. The molecule has 23 heavy (non-hydrogen) atoms. The zero-order valence-corrected chi connectivity index (χ0v) is 13.9. The number of rotatable bonds is 2. The molecular formula is C20H22O3. The summed E-state index contributed by atoms with van der Waals surface area (Å²) in [6, 6.07) is 3.81. The highest BCUT2D eigenvalue weighted by molar-refractivity contribution is 6.12. The summed E-state index contributed by atoms with van der Waals surface area (Å²) in [7, 11) is 1.59. The number of carbonyl (C=O) groups is 2. The second kappa shape index (κ2) is 6.20. The van der Waals surface area contributed by atoms with Crippen LogP contribution in [-0.2, 0) is 9.59 Å². The Bertz CT molecular complexity index is 698. The van der Waals surface area contributed by atoms with Gasteiger partial charge in [-0.2, -0.15) is 0 Å². The summed E-state index contributed by atoms with van der Waals surface area (Å²) >= 11 is 0. The van der Waals surface area contributed by atoms with Crippen LogP contribution in [0.4, 0.5) is 0 Å². The summed E-state index contributed by atoms with van der Waals surface area (Å²) in [6.45, 7) is 3.94. The number of aryl methyl sites for hydroxylation is 1. The highest BCUT2D eigenvalue weighted by Gasteiger charge is 2.48. The molecule has 3 rings (SSSR count). The smallest absolute Gasteiger partial charge is 0.151 e. The molecule has 0 heterocycles. The van der Waals surface area contributed by atoms with E-state index in [1.165, 1.54) is 0 Å². The predicted octanol–water partition coefficient (Wildman–Crippen LogP) is 3.42. The molecule has 3 nitrogen and oxygen atoms in total. The van der Waals surface area contributed by atoms with E-state index in [2.05, 4.69) is 11.8 Å². The van der Waals surface area contributed by atoms with E-state index in [-0.39, 0.29) is 23.4 Å². The highest BCUT2D eigenvalue weighted by atomic mass is 16.5. The maximum Gasteiger partial charge on any atom is 0.151 e. The highest BCUT2D eigenvalue weighted by Crippen LogP contribution is 2.46. The molecule has 120 valence electrons. The van der Waals surface area contributed by atoms with Gasteiger partial charge < -0.3 is 4.74 Å². The van der Waals surface area contributed by atoms with Crippen LogP contribution in [0.5, 0.6) is 5.75 Å². The fraction of sp³-hybridized carbons (Fsp3) is 0.500. The third-order valence-corrected chi connectivity index (χ3v) is 5.07. The first-order chi connectivity index (χ1) is 11.1. The maximum atomic E-state index is 12.8. The molecule has 2 unspecified atom stereocenters. The summed E-state index contributed by atoms with van der Waals surface area (Å²) in [5, 5.41) is 0. The Hall–Kier alpha value is -2.08. The molecule has 2 bridgehead atoms. The molecule has 1 aromatic carbocycles. The molecule has 2 fully saturated rings. The van der Waals surface area contributed by atoms with Crippen LogP contribution in [0.3, 0.4) is 0 Å². The summed E-state index contributed by atoms with van der Waals surface area (Å²) in [4.78, 5) is 25.5. The van der Waals surface area contributed by atoms with E-state index in [0.717, 1.165) is 42.4 Å². The number of hydrogen-bond acceptors (Lipinski definition) is 3. The first-order valence-corrected chi connectivity index (χ1v) is 8.31. The number of Topliss-reactive ketones (excluding diaryl/α,β-unsaturated/α-hetero) is 2. The van der Waals surface area contributed by atoms with Crippen molar-refractivity contribution in [2.75, 3.05) is 7.11 Å². The molecule has 2 atom stereocenters. The van der Waals surface area contributed by atoms with Crippen molar-refractivity contribution in [3.8, 4) is 17.6 Å². The summed E-state index contributed by atoms with van der Waals surface area (Å²) in [6.07, 6.45) is 3.24. The van der Waals surface area contributed by atoms with Gasteiger partial charge in [0.2, 0.25) is 0 Å². The molecule has 2 aliphatic carbocycles. The lowest BCUT2D eigenvalue weighted by Crippen LogP contribution is -2.35. The van der Waals surface area contributed by atoms with Crippen molar-refractivity contribution in [1.82, 2.24) is 0 Å². The van der Waals surface area contributed by atoms with E-state index in [1.54, 1.807) is 7.11 Å². The minimum Gasteiger partial charge on any atom is -0.496 e. The monoisotopic (exact) mass is 310 g/mol. The molecule has 0 aromatic heterocycles. The number of ketones is 2. The lowest BCUT2D eigenvalue weighted by molar-refractivity contribution is -0.136. The van der Waals surface area contributed by atoms with E-state index in [0.29, 0.717) is 5.75 Å². The molecule has 3 heteroatoms. The third kappa shape index (κ3) is 2.67. The van der Waals surface area contributed by atoms with Gasteiger partial charge in [-0.3, -0.25) is 9.59 Å². The zero-order chi connectivity index (χ0) is 16.6. The van der Waals surface area contributed by atoms with Crippen LogP contribution in [0.2, 0.25) is 0 Å². The average Bonchev–Trinajstić information content (AvgIpc) is 2.99. The molecule has 2 aliphatic rings. The van der Waals surface area contributed by atoms with Crippen LogP contribution >= 0.6 is 0 Å². The van der Waals surface area contributed by atoms with Crippen LogP contribution in [-0.4, -0.2) is 18.7 Å². The van der Waals surface area contributed by atoms with Crippen molar-refractivity contribution in [3.05, 3.63) is 28.8 Å². The Balaban J connectivity index is 2.08. The first kappa shape index (κ1) is 15.8. The zero-order valence-electron chi connectivity index (χ0n) is 13.9. The molecule has 0 saturated heterocycles. The van der Waals surface area contributed by atoms with Gasteiger partial charge in [-0.1, -0.05) is 18.8 Å². The number of hydrogen-bond donors (Lipinski definition) is 0. The molecule has 2 saturated carbocycles. The van der Waals surface area contributed by atoms with Gasteiger partial charge in [0.25, 0.3) is 0 Å². The molecule has 0 spiro atoms. The van der Waals surface area contributed by atoms with Gasteiger partial charge in [-0.15, -0.1) is 0 Å². The van der Waals surface area contributed by atoms with E-state index in [4.69, 9.17) is 4.74 Å². The van der Waals surface area contributed by atoms with Crippen molar-refractivity contribution in [1.29, 1.82) is 0 Å². The van der Waals surface area contributed by atoms with Gasteiger partial charge in [0.15, 0.2) is 11.6 Å². The van der Waals surface area contributed by atoms with Crippen LogP contribution in [0.1, 0.15) is 55.2 Å². The Morgan fingerprint density at radius 3 is 2.39 bits per heavy atom. The van der Waals surface area contributed by atoms with E-state index in [1.807, 2.05) is 26.0 Å². The van der Waals surface area contributed by atoms with Crippen molar-refractivity contribution in [2.24, 2.45) is 11.8 Å². The van der Waals surface area contributed by atoms with Gasteiger partial charge in [0.1, 0.15) is 11.7 Å². The largest absolute Gasteiger partial charge is 0.496 e. The quantitative estimate of drug-likeness (QED) is 0.621. The number of carbonyl (C=O) groups excluding carboxylic acids is 2. The van der Waals surface area contributed by atoms with E-state index < -0.39 is 5.92 Å². The number of benzene rings is 1. The van der Waals surface area contributed by atoms with Crippen LogP contribution in [0.15, 0.2) is 12.1 Å². The minimum atomic E-state index is -0.649. The lowest BCUT2D eigenvalue weighted by atomic mass is 9.74. The molecule has 1 aromatic rings. The Kier molecular flexibility index (Phi) is 4.26. The fourth-order valence-electron chi connectivity index (χ4n) is 3.96. The topological polar surface area (TPSA) is 43.4 Å². The van der Waals surface area contributed by atoms with Gasteiger partial charge in [-0.05, 0) is 43.9 Å². The van der Waals surface area contributed by atoms with Gasteiger partial charge in [-0.25, -0.2) is 0 Å². The average molecular weight is 310 g/mol. The fourth-order valence-corrected chi connectivity index (χ4v) is 3.96. The Labute approximate surface area is 137 Å². The summed E-state index contributed by atoms with van der Waals surface area (Å²) in [5.41, 5.74) is 2.53. The second-order valence-electron chi connectivity index (χ2n) is 6.51. The SMILES string of the molecule is CCC#Cc1cc(C)c(C2C(=O)C3CCC(C3)C2=O)c(OC)c1. The predicted molar refractivity (Wildman–Crippen MR) is 88.5 cm³/mol. The second-order valence-corrected chi connectivity index (χ2v) is 6.51. The van der Waals surface area contributed by atoms with Crippen LogP contribution in [0.25, 0.3) is 0 Å². The summed E-state index contributed by atoms with van der Waals surface area (Å²) in [5.74, 6) is 6.35. The normalized spacial score (nSPS) is 26.0. The van der Waals surface area contributed by atoms with E-state index in [9.17, 15) is 9.59 Å². The number of fused-ring (bicyclic) bond motifs is 2. The molecule has 0 N–H and O–H groups in total. The Morgan fingerprint density at radius 2 is 1.83 bits per heavy atom. The van der Waals surface area contributed by atoms with Crippen LogP contribution in [0, 0.1) is 30.6 Å². The van der Waals surface area contributed by atoms with E-state index >= 15 is 0 Å². The first-order valence-electron chi connectivity index (χ1n) is 8.31. The number of methoxy groups -OCH3 is 1. The van der Waals surface area contributed by atoms with Crippen molar-refractivity contribution in [2.45, 2.75) is 45.4 Å². The van der Waals surface area contributed by atoms with Crippen molar-refractivity contribution in [3.63, 3.8) is 0 Å². The molecule has 0 radical (unpaired) electrons. The van der Waals surface area contributed by atoms with Gasteiger partial charge in [0, 0.05) is 29.4 Å². The molecule has 0 amide bonds. The molecule has 0 aliphatic heterocycles. The lowest BCUT2D eigenvalue weighted by Gasteiger charge is -2.28.